The molecule has 0 radical (unpaired) electrons. The molecule has 0 saturated carbocycles. The summed E-state index contributed by atoms with van der Waals surface area (Å²) >= 11 is 0. The fourth-order valence-electron chi connectivity index (χ4n) is 2.24. The minimum Gasteiger partial charge on any atom is -0.493 e. The Labute approximate surface area is 141 Å². The van der Waals surface area contributed by atoms with E-state index in [9.17, 15) is 14.3 Å². The normalized spacial score (nSPS) is 13.2. The molecule has 1 unspecified atom stereocenters. The number of halogens is 1. The number of carbonyl (C=O) groups is 1. The number of rotatable bonds is 7. The van der Waals surface area contributed by atoms with Crippen LogP contribution in [0.2, 0.25) is 0 Å². The van der Waals surface area contributed by atoms with Gasteiger partial charge in [-0.15, -0.1) is 0 Å². The van der Waals surface area contributed by atoms with Crippen molar-refractivity contribution in [3.63, 3.8) is 0 Å². The zero-order valence-corrected chi connectivity index (χ0v) is 13.9. The first-order chi connectivity index (χ1) is 11.4. The molecule has 0 fully saturated rings. The topological polar surface area (TPSA) is 58.6 Å². The van der Waals surface area contributed by atoms with Gasteiger partial charge in [0.15, 0.2) is 0 Å². The smallest absolute Gasteiger partial charge is 0.223 e. The van der Waals surface area contributed by atoms with E-state index in [0.29, 0.717) is 5.56 Å². The Hall–Kier alpha value is -2.40. The van der Waals surface area contributed by atoms with E-state index in [2.05, 4.69) is 5.32 Å². The number of nitrogens with one attached hydrogen (secondary N) is 1. The first kappa shape index (κ1) is 17.9. The van der Waals surface area contributed by atoms with Crippen molar-refractivity contribution in [2.45, 2.75) is 25.9 Å². The molecule has 4 nitrogen and oxygen atoms in total. The third-order valence-corrected chi connectivity index (χ3v) is 3.68. The second-order valence-corrected chi connectivity index (χ2v) is 5.97. The van der Waals surface area contributed by atoms with Crippen molar-refractivity contribution >= 4 is 5.91 Å². The van der Waals surface area contributed by atoms with Crippen LogP contribution in [0.1, 0.15) is 24.5 Å². The second kappa shape index (κ2) is 7.93. The van der Waals surface area contributed by atoms with Crippen LogP contribution in [0, 0.1) is 12.7 Å². The molecule has 24 heavy (non-hydrogen) atoms. The first-order valence-electron chi connectivity index (χ1n) is 7.81. The molecule has 0 spiro atoms. The highest BCUT2D eigenvalue weighted by Crippen LogP contribution is 2.20. The van der Waals surface area contributed by atoms with Gasteiger partial charge in [0.25, 0.3) is 0 Å². The molecule has 1 atom stereocenters. The quantitative estimate of drug-likeness (QED) is 0.820. The fourth-order valence-corrected chi connectivity index (χ4v) is 2.24. The minimum absolute atomic E-state index is 0.0436. The lowest BCUT2D eigenvalue weighted by molar-refractivity contribution is -0.122. The van der Waals surface area contributed by atoms with Gasteiger partial charge in [0.05, 0.1) is 19.6 Å². The van der Waals surface area contributed by atoms with Gasteiger partial charge in [-0.3, -0.25) is 4.79 Å². The summed E-state index contributed by atoms with van der Waals surface area (Å²) in [7, 11) is 0. The Balaban J connectivity index is 1.77. The highest BCUT2D eigenvalue weighted by molar-refractivity contribution is 5.76. The van der Waals surface area contributed by atoms with Gasteiger partial charge in [-0.05, 0) is 49.2 Å². The van der Waals surface area contributed by atoms with Crippen molar-refractivity contribution in [2.75, 3.05) is 13.2 Å². The summed E-state index contributed by atoms with van der Waals surface area (Å²) in [5, 5.41) is 13.1. The minimum atomic E-state index is -1.26. The van der Waals surface area contributed by atoms with Crippen LogP contribution in [0.4, 0.5) is 4.39 Å². The molecule has 0 aliphatic heterocycles. The van der Waals surface area contributed by atoms with Gasteiger partial charge in [0, 0.05) is 0 Å². The standard InChI is InChI=1S/C19H22FNO3/c1-14-4-3-5-17(12-14)24-11-10-18(22)21-13-19(2,23)15-6-8-16(20)9-7-15/h3-9,12,23H,10-11,13H2,1-2H3,(H,21,22). The Morgan fingerprint density at radius 2 is 1.96 bits per heavy atom. The lowest BCUT2D eigenvalue weighted by atomic mass is 9.96. The molecule has 0 aliphatic rings. The summed E-state index contributed by atoms with van der Waals surface area (Å²) in [6, 6.07) is 13.2. The third-order valence-electron chi connectivity index (χ3n) is 3.68. The van der Waals surface area contributed by atoms with Crippen molar-refractivity contribution in [3.8, 4) is 5.75 Å². The Bertz CT molecular complexity index is 683. The summed E-state index contributed by atoms with van der Waals surface area (Å²) in [6.45, 7) is 3.84. The maximum atomic E-state index is 12.9. The van der Waals surface area contributed by atoms with Gasteiger partial charge in [0.1, 0.15) is 17.2 Å². The van der Waals surface area contributed by atoms with Crippen LogP contribution in [-0.4, -0.2) is 24.2 Å². The van der Waals surface area contributed by atoms with Crippen LogP contribution in [0.3, 0.4) is 0 Å². The van der Waals surface area contributed by atoms with Gasteiger partial charge >= 0.3 is 0 Å². The Morgan fingerprint density at radius 1 is 1.25 bits per heavy atom. The maximum absolute atomic E-state index is 12.9. The number of hydrogen-bond acceptors (Lipinski definition) is 3. The number of hydrogen-bond donors (Lipinski definition) is 2. The van der Waals surface area contributed by atoms with Gasteiger partial charge < -0.3 is 15.2 Å². The maximum Gasteiger partial charge on any atom is 0.223 e. The second-order valence-electron chi connectivity index (χ2n) is 5.97. The van der Waals surface area contributed by atoms with E-state index in [-0.39, 0.29) is 31.3 Å². The molecule has 2 aromatic rings. The molecule has 0 saturated heterocycles. The summed E-state index contributed by atoms with van der Waals surface area (Å²) < 4.78 is 18.5. The van der Waals surface area contributed by atoms with Crippen molar-refractivity contribution in [2.24, 2.45) is 0 Å². The molecule has 2 aromatic carbocycles. The van der Waals surface area contributed by atoms with Gasteiger partial charge in [-0.2, -0.15) is 0 Å². The van der Waals surface area contributed by atoms with Crippen molar-refractivity contribution in [1.82, 2.24) is 5.32 Å². The SMILES string of the molecule is Cc1cccc(OCCC(=O)NCC(C)(O)c2ccc(F)cc2)c1. The predicted octanol–water partition coefficient (Wildman–Crippen LogP) is 2.93. The molecule has 0 heterocycles. The molecule has 0 aromatic heterocycles. The van der Waals surface area contributed by atoms with Crippen molar-refractivity contribution in [3.05, 3.63) is 65.5 Å². The lowest BCUT2D eigenvalue weighted by Crippen LogP contribution is -2.39. The van der Waals surface area contributed by atoms with Gasteiger partial charge in [-0.1, -0.05) is 24.3 Å². The zero-order valence-electron chi connectivity index (χ0n) is 13.9. The van der Waals surface area contributed by atoms with E-state index in [0.717, 1.165) is 11.3 Å². The van der Waals surface area contributed by atoms with Crippen molar-refractivity contribution < 1.29 is 19.0 Å². The van der Waals surface area contributed by atoms with E-state index < -0.39 is 5.60 Å². The molecule has 2 rings (SSSR count). The van der Waals surface area contributed by atoms with Crippen LogP contribution in [0.25, 0.3) is 0 Å². The predicted molar refractivity (Wildman–Crippen MR) is 90.3 cm³/mol. The summed E-state index contributed by atoms with van der Waals surface area (Å²) in [6.07, 6.45) is 0.188. The van der Waals surface area contributed by atoms with Crippen LogP contribution >= 0.6 is 0 Å². The number of aliphatic hydroxyl groups is 1. The molecule has 128 valence electrons. The average Bonchev–Trinajstić information content (AvgIpc) is 2.54. The summed E-state index contributed by atoms with van der Waals surface area (Å²) in [5.41, 5.74) is 0.369. The van der Waals surface area contributed by atoms with Crippen LogP contribution in [-0.2, 0) is 10.4 Å². The van der Waals surface area contributed by atoms with Crippen molar-refractivity contribution in [1.29, 1.82) is 0 Å². The van der Waals surface area contributed by atoms with Crippen LogP contribution in [0.15, 0.2) is 48.5 Å². The average molecular weight is 331 g/mol. The molecule has 5 heteroatoms. The molecular weight excluding hydrogens is 309 g/mol. The van der Waals surface area contributed by atoms with Crippen LogP contribution < -0.4 is 10.1 Å². The van der Waals surface area contributed by atoms with Crippen LogP contribution in [0.5, 0.6) is 5.75 Å². The number of amides is 1. The monoisotopic (exact) mass is 331 g/mol. The lowest BCUT2D eigenvalue weighted by Gasteiger charge is -2.24. The largest absolute Gasteiger partial charge is 0.493 e. The van der Waals surface area contributed by atoms with E-state index in [1.807, 2.05) is 31.2 Å². The van der Waals surface area contributed by atoms with E-state index in [1.165, 1.54) is 24.3 Å². The number of aryl methyl sites for hydroxylation is 1. The zero-order chi connectivity index (χ0) is 17.6. The molecular formula is C19H22FNO3. The number of carbonyl (C=O) groups excluding carboxylic acids is 1. The van der Waals surface area contributed by atoms with Gasteiger partial charge in [-0.25, -0.2) is 4.39 Å². The third kappa shape index (κ3) is 5.35. The fraction of sp³-hybridized carbons (Fsp3) is 0.316. The number of ether oxygens (including phenoxy) is 1. The molecule has 0 bridgehead atoms. The molecule has 1 amide bonds. The van der Waals surface area contributed by atoms with Gasteiger partial charge in [0.2, 0.25) is 5.91 Å². The van der Waals surface area contributed by atoms with E-state index in [1.54, 1.807) is 6.92 Å². The highest BCUT2D eigenvalue weighted by Gasteiger charge is 2.23. The Kier molecular flexibility index (Phi) is 5.93. The summed E-state index contributed by atoms with van der Waals surface area (Å²) in [5.74, 6) is 0.137. The first-order valence-corrected chi connectivity index (χ1v) is 7.81. The molecule has 2 N–H and O–H groups in total. The summed E-state index contributed by atoms with van der Waals surface area (Å²) in [4.78, 5) is 11.9. The molecule has 0 aliphatic carbocycles. The Morgan fingerprint density at radius 3 is 2.62 bits per heavy atom. The van der Waals surface area contributed by atoms with E-state index >= 15 is 0 Å². The number of benzene rings is 2. The highest BCUT2D eigenvalue weighted by atomic mass is 19.1. The van der Waals surface area contributed by atoms with E-state index in [4.69, 9.17) is 4.74 Å².